The number of hydrogen-bond acceptors (Lipinski definition) is 3. The zero-order chi connectivity index (χ0) is 12.4. The van der Waals surface area contributed by atoms with Crippen molar-refractivity contribution < 1.29 is 14.6 Å². The van der Waals surface area contributed by atoms with Gasteiger partial charge in [0.1, 0.15) is 0 Å². The van der Waals surface area contributed by atoms with E-state index in [2.05, 4.69) is 18.9 Å². The Balaban J connectivity index is 1.98. The molecule has 4 nitrogen and oxygen atoms in total. The van der Waals surface area contributed by atoms with E-state index in [1.807, 2.05) is 0 Å². The first-order chi connectivity index (χ1) is 8.09. The van der Waals surface area contributed by atoms with Gasteiger partial charge in [0.15, 0.2) is 0 Å². The van der Waals surface area contributed by atoms with Crippen molar-refractivity contribution in [2.24, 2.45) is 11.8 Å². The first-order valence-electron chi connectivity index (χ1n) is 6.62. The highest BCUT2D eigenvalue weighted by molar-refractivity contribution is 5.71. The Morgan fingerprint density at radius 2 is 2.12 bits per heavy atom. The molecule has 98 valence electrons. The third kappa shape index (κ3) is 2.80. The minimum atomic E-state index is -0.719. The van der Waals surface area contributed by atoms with Gasteiger partial charge in [0.2, 0.25) is 0 Å². The van der Waals surface area contributed by atoms with Gasteiger partial charge in [-0.25, -0.2) is 0 Å². The molecule has 4 unspecified atom stereocenters. The molecule has 4 heteroatoms. The molecule has 2 aliphatic rings. The summed E-state index contributed by atoms with van der Waals surface area (Å²) in [4.78, 5) is 13.4. The fourth-order valence-electron chi connectivity index (χ4n) is 3.22. The zero-order valence-electron chi connectivity index (χ0n) is 10.8. The number of aliphatic carboxylic acids is 1. The highest BCUT2D eigenvalue weighted by Crippen LogP contribution is 2.30. The molecule has 0 aromatic heterocycles. The van der Waals surface area contributed by atoms with Crippen LogP contribution in [0.5, 0.6) is 0 Å². The second kappa shape index (κ2) is 5.36. The number of carbonyl (C=O) groups is 1. The molecule has 0 aromatic carbocycles. The summed E-state index contributed by atoms with van der Waals surface area (Å²) in [6.45, 7) is 3.23. The Morgan fingerprint density at radius 3 is 2.76 bits per heavy atom. The monoisotopic (exact) mass is 241 g/mol. The second-order valence-corrected chi connectivity index (χ2v) is 5.64. The number of carboxylic acids is 1. The lowest BCUT2D eigenvalue weighted by atomic mass is 9.85. The number of likely N-dealkylation sites (N-methyl/N-ethyl adjacent to an activating group) is 1. The molecule has 0 radical (unpaired) electrons. The number of rotatable bonds is 3. The van der Waals surface area contributed by atoms with E-state index in [0.717, 1.165) is 5.92 Å². The summed E-state index contributed by atoms with van der Waals surface area (Å²) in [7, 11) is 2.07. The van der Waals surface area contributed by atoms with Gasteiger partial charge < -0.3 is 9.84 Å². The average molecular weight is 241 g/mol. The van der Waals surface area contributed by atoms with Gasteiger partial charge in [-0.1, -0.05) is 19.8 Å². The summed E-state index contributed by atoms with van der Waals surface area (Å²) in [5.74, 6) is -0.303. The maximum atomic E-state index is 11.2. The smallest absolute Gasteiger partial charge is 0.310 e. The SMILES string of the molecule is CC1CCCC(N(C)C2COCC2C(=O)O)C1. The van der Waals surface area contributed by atoms with Crippen molar-refractivity contribution in [3.63, 3.8) is 0 Å². The van der Waals surface area contributed by atoms with Crippen LogP contribution in [0.1, 0.15) is 32.6 Å². The standard InChI is InChI=1S/C13H23NO3/c1-9-4-3-5-10(6-9)14(2)12-8-17-7-11(12)13(15)16/h9-12H,3-8H2,1-2H3,(H,15,16). The topological polar surface area (TPSA) is 49.8 Å². The molecule has 1 aliphatic carbocycles. The zero-order valence-corrected chi connectivity index (χ0v) is 10.8. The van der Waals surface area contributed by atoms with Gasteiger partial charge in [-0.2, -0.15) is 0 Å². The molecular formula is C13H23NO3. The van der Waals surface area contributed by atoms with Crippen molar-refractivity contribution >= 4 is 5.97 Å². The number of hydrogen-bond donors (Lipinski definition) is 1. The fourth-order valence-corrected chi connectivity index (χ4v) is 3.22. The molecule has 17 heavy (non-hydrogen) atoms. The van der Waals surface area contributed by atoms with Crippen LogP contribution in [0.25, 0.3) is 0 Å². The van der Waals surface area contributed by atoms with Gasteiger partial charge in [-0.15, -0.1) is 0 Å². The molecule has 1 heterocycles. The van der Waals surface area contributed by atoms with Crippen molar-refractivity contribution in [2.75, 3.05) is 20.3 Å². The summed E-state index contributed by atoms with van der Waals surface area (Å²) in [6.07, 6.45) is 4.97. The number of nitrogens with zero attached hydrogens (tertiary/aromatic N) is 1. The lowest BCUT2D eigenvalue weighted by molar-refractivity contribution is -0.143. The Labute approximate surface area is 103 Å². The second-order valence-electron chi connectivity index (χ2n) is 5.64. The molecular weight excluding hydrogens is 218 g/mol. The summed E-state index contributed by atoms with van der Waals surface area (Å²) in [5.41, 5.74) is 0. The van der Waals surface area contributed by atoms with E-state index in [9.17, 15) is 9.90 Å². The third-order valence-electron chi connectivity index (χ3n) is 4.38. The van der Waals surface area contributed by atoms with E-state index in [1.54, 1.807) is 0 Å². The predicted octanol–water partition coefficient (Wildman–Crippen LogP) is 1.60. The van der Waals surface area contributed by atoms with E-state index < -0.39 is 5.97 Å². The number of carboxylic acid groups (broad SMARTS) is 1. The highest BCUT2D eigenvalue weighted by atomic mass is 16.5. The van der Waals surface area contributed by atoms with E-state index in [0.29, 0.717) is 19.3 Å². The molecule has 4 atom stereocenters. The maximum Gasteiger partial charge on any atom is 0.310 e. The fraction of sp³-hybridized carbons (Fsp3) is 0.923. The van der Waals surface area contributed by atoms with Crippen LogP contribution in [0.2, 0.25) is 0 Å². The minimum Gasteiger partial charge on any atom is -0.481 e. The first kappa shape index (κ1) is 12.8. The van der Waals surface area contributed by atoms with E-state index in [1.165, 1.54) is 25.7 Å². The minimum absolute atomic E-state index is 0.0581. The summed E-state index contributed by atoms with van der Waals surface area (Å²) in [6, 6.07) is 0.593. The molecule has 0 aromatic rings. The number of ether oxygens (including phenoxy) is 1. The van der Waals surface area contributed by atoms with Gasteiger partial charge in [-0.05, 0) is 25.8 Å². The van der Waals surface area contributed by atoms with Crippen LogP contribution in [0.3, 0.4) is 0 Å². The first-order valence-corrected chi connectivity index (χ1v) is 6.62. The van der Waals surface area contributed by atoms with Crippen molar-refractivity contribution in [2.45, 2.75) is 44.7 Å². The molecule has 2 fully saturated rings. The lowest BCUT2D eigenvalue weighted by Gasteiger charge is -2.38. The normalized spacial score (nSPS) is 38.5. The van der Waals surface area contributed by atoms with Crippen LogP contribution < -0.4 is 0 Å². The van der Waals surface area contributed by atoms with Gasteiger partial charge in [0, 0.05) is 12.1 Å². The predicted molar refractivity (Wildman–Crippen MR) is 64.9 cm³/mol. The van der Waals surface area contributed by atoms with Crippen LogP contribution in [0, 0.1) is 11.8 Å². The molecule has 1 saturated carbocycles. The molecule has 0 bridgehead atoms. The lowest BCUT2D eigenvalue weighted by Crippen LogP contribution is -2.47. The van der Waals surface area contributed by atoms with Crippen LogP contribution in [-0.4, -0.2) is 48.3 Å². The Morgan fingerprint density at radius 1 is 1.35 bits per heavy atom. The molecule has 1 aliphatic heterocycles. The van der Waals surface area contributed by atoms with Crippen molar-refractivity contribution in [3.05, 3.63) is 0 Å². The van der Waals surface area contributed by atoms with Gasteiger partial charge in [-0.3, -0.25) is 9.69 Å². The van der Waals surface area contributed by atoms with E-state index >= 15 is 0 Å². The molecule has 0 amide bonds. The largest absolute Gasteiger partial charge is 0.481 e. The average Bonchev–Trinajstić information content (AvgIpc) is 2.77. The summed E-state index contributed by atoms with van der Waals surface area (Å²) >= 11 is 0. The Hall–Kier alpha value is -0.610. The summed E-state index contributed by atoms with van der Waals surface area (Å²) < 4.78 is 5.35. The maximum absolute atomic E-state index is 11.2. The van der Waals surface area contributed by atoms with Crippen molar-refractivity contribution in [1.29, 1.82) is 0 Å². The third-order valence-corrected chi connectivity index (χ3v) is 4.38. The van der Waals surface area contributed by atoms with Crippen LogP contribution >= 0.6 is 0 Å². The highest BCUT2D eigenvalue weighted by Gasteiger charge is 2.39. The van der Waals surface area contributed by atoms with Crippen molar-refractivity contribution in [3.8, 4) is 0 Å². The summed E-state index contributed by atoms with van der Waals surface area (Å²) in [5, 5.41) is 9.18. The van der Waals surface area contributed by atoms with Crippen molar-refractivity contribution in [1.82, 2.24) is 4.90 Å². The van der Waals surface area contributed by atoms with Gasteiger partial charge >= 0.3 is 5.97 Å². The molecule has 0 spiro atoms. The van der Waals surface area contributed by atoms with Crippen LogP contribution in [-0.2, 0) is 9.53 Å². The Bertz CT molecular complexity index is 282. The molecule has 2 rings (SSSR count). The van der Waals surface area contributed by atoms with Crippen LogP contribution in [0.15, 0.2) is 0 Å². The Kier molecular flexibility index (Phi) is 4.05. The molecule has 1 saturated heterocycles. The molecule has 1 N–H and O–H groups in total. The van der Waals surface area contributed by atoms with E-state index in [4.69, 9.17) is 4.74 Å². The van der Waals surface area contributed by atoms with Gasteiger partial charge in [0.25, 0.3) is 0 Å². The van der Waals surface area contributed by atoms with Crippen LogP contribution in [0.4, 0.5) is 0 Å². The van der Waals surface area contributed by atoms with E-state index in [-0.39, 0.29) is 12.0 Å². The quantitative estimate of drug-likeness (QED) is 0.815. The van der Waals surface area contributed by atoms with Gasteiger partial charge in [0.05, 0.1) is 19.1 Å².